The molecule has 0 atom stereocenters. The van der Waals surface area contributed by atoms with E-state index in [4.69, 9.17) is 0 Å². The average Bonchev–Trinajstić information content (AvgIpc) is 2.58. The Hall–Kier alpha value is -1.58. The third-order valence-corrected chi connectivity index (χ3v) is 5.55. The molecule has 0 saturated carbocycles. The standard InChI is InChI=1S/C20H23NOS/c1-15-6-5-9-18(16(15)2)20(22)19-8-4-3-7-17(19)14-21-10-12-23-13-11-21/h3-9H,10-14H2,1-2H3. The minimum atomic E-state index is 0.146. The first kappa shape index (κ1) is 16.3. The van der Waals surface area contributed by atoms with Crippen LogP contribution in [0.1, 0.15) is 32.6 Å². The first-order valence-corrected chi connectivity index (χ1v) is 9.31. The number of aryl methyl sites for hydroxylation is 1. The third kappa shape index (κ3) is 3.67. The molecule has 3 rings (SSSR count). The number of carbonyl (C=O) groups is 1. The van der Waals surface area contributed by atoms with Crippen molar-refractivity contribution in [3.63, 3.8) is 0 Å². The van der Waals surface area contributed by atoms with E-state index < -0.39 is 0 Å². The predicted octanol–water partition coefficient (Wildman–Crippen LogP) is 4.08. The molecule has 1 heterocycles. The lowest BCUT2D eigenvalue weighted by molar-refractivity contribution is 0.103. The maximum absolute atomic E-state index is 13.1. The number of benzene rings is 2. The molecule has 0 aromatic heterocycles. The summed E-state index contributed by atoms with van der Waals surface area (Å²) in [6.07, 6.45) is 0. The van der Waals surface area contributed by atoms with Crippen molar-refractivity contribution in [1.82, 2.24) is 4.90 Å². The second-order valence-electron chi connectivity index (χ2n) is 6.12. The molecule has 1 fully saturated rings. The molecular formula is C20H23NOS. The third-order valence-electron chi connectivity index (χ3n) is 4.61. The summed E-state index contributed by atoms with van der Waals surface area (Å²) >= 11 is 2.01. The Kier molecular flexibility index (Phi) is 5.19. The number of thioether (sulfide) groups is 1. The molecule has 23 heavy (non-hydrogen) atoms. The number of carbonyl (C=O) groups excluding carboxylic acids is 1. The molecule has 3 heteroatoms. The molecule has 2 aromatic rings. The lowest BCUT2D eigenvalue weighted by Gasteiger charge is -2.27. The molecule has 2 nitrogen and oxygen atoms in total. The van der Waals surface area contributed by atoms with Gasteiger partial charge in [0, 0.05) is 42.3 Å². The highest BCUT2D eigenvalue weighted by Crippen LogP contribution is 2.21. The van der Waals surface area contributed by atoms with Gasteiger partial charge in [0.15, 0.2) is 5.78 Å². The van der Waals surface area contributed by atoms with Gasteiger partial charge in [0.05, 0.1) is 0 Å². The van der Waals surface area contributed by atoms with Crippen molar-refractivity contribution in [2.45, 2.75) is 20.4 Å². The minimum absolute atomic E-state index is 0.146. The Balaban J connectivity index is 1.90. The lowest BCUT2D eigenvalue weighted by atomic mass is 9.93. The number of ketones is 1. The summed E-state index contributed by atoms with van der Waals surface area (Å²) in [4.78, 5) is 15.5. The Morgan fingerprint density at radius 1 is 1.00 bits per heavy atom. The predicted molar refractivity (Wildman–Crippen MR) is 98.4 cm³/mol. The fourth-order valence-corrected chi connectivity index (χ4v) is 4.00. The van der Waals surface area contributed by atoms with Crippen LogP contribution in [-0.4, -0.2) is 35.3 Å². The Labute approximate surface area is 142 Å². The Morgan fingerprint density at radius 2 is 1.70 bits per heavy atom. The van der Waals surface area contributed by atoms with Crippen molar-refractivity contribution in [2.75, 3.05) is 24.6 Å². The molecule has 0 unspecified atom stereocenters. The summed E-state index contributed by atoms with van der Waals surface area (Å²) in [7, 11) is 0. The van der Waals surface area contributed by atoms with E-state index in [9.17, 15) is 4.79 Å². The first-order chi connectivity index (χ1) is 11.2. The minimum Gasteiger partial charge on any atom is -0.297 e. The van der Waals surface area contributed by atoms with Gasteiger partial charge in [0.25, 0.3) is 0 Å². The quantitative estimate of drug-likeness (QED) is 0.790. The molecule has 0 aliphatic carbocycles. The van der Waals surface area contributed by atoms with Crippen LogP contribution < -0.4 is 0 Å². The van der Waals surface area contributed by atoms with E-state index in [1.165, 1.54) is 17.1 Å². The zero-order chi connectivity index (χ0) is 16.2. The summed E-state index contributed by atoms with van der Waals surface area (Å²) in [5.41, 5.74) is 5.07. The van der Waals surface area contributed by atoms with Crippen LogP contribution >= 0.6 is 11.8 Å². The van der Waals surface area contributed by atoms with Gasteiger partial charge >= 0.3 is 0 Å². The first-order valence-electron chi connectivity index (χ1n) is 8.16. The monoisotopic (exact) mass is 325 g/mol. The van der Waals surface area contributed by atoms with E-state index in [-0.39, 0.29) is 5.78 Å². The molecule has 0 radical (unpaired) electrons. The van der Waals surface area contributed by atoms with Gasteiger partial charge in [-0.3, -0.25) is 9.69 Å². The lowest BCUT2D eigenvalue weighted by Crippen LogP contribution is -2.32. The maximum Gasteiger partial charge on any atom is 0.193 e. The normalized spacial score (nSPS) is 15.6. The van der Waals surface area contributed by atoms with Crippen LogP contribution in [0.3, 0.4) is 0 Å². The molecular weight excluding hydrogens is 302 g/mol. The summed E-state index contributed by atoms with van der Waals surface area (Å²) in [6.45, 7) is 7.18. The molecule has 1 saturated heterocycles. The highest BCUT2D eigenvalue weighted by molar-refractivity contribution is 7.99. The van der Waals surface area contributed by atoms with Gasteiger partial charge < -0.3 is 0 Å². The smallest absolute Gasteiger partial charge is 0.193 e. The van der Waals surface area contributed by atoms with Crippen molar-refractivity contribution in [2.24, 2.45) is 0 Å². The highest BCUT2D eigenvalue weighted by Gasteiger charge is 2.18. The molecule has 2 aromatic carbocycles. The van der Waals surface area contributed by atoms with Crippen molar-refractivity contribution in [3.8, 4) is 0 Å². The van der Waals surface area contributed by atoms with Gasteiger partial charge in [-0.1, -0.05) is 42.5 Å². The largest absolute Gasteiger partial charge is 0.297 e. The second-order valence-corrected chi connectivity index (χ2v) is 7.35. The summed E-state index contributed by atoms with van der Waals surface area (Å²) in [5.74, 6) is 2.52. The van der Waals surface area contributed by atoms with E-state index in [1.54, 1.807) is 0 Å². The SMILES string of the molecule is Cc1cccc(C(=O)c2ccccc2CN2CCSCC2)c1C. The second kappa shape index (κ2) is 7.33. The van der Waals surface area contributed by atoms with Gasteiger partial charge in [0.2, 0.25) is 0 Å². The Morgan fingerprint density at radius 3 is 2.48 bits per heavy atom. The van der Waals surface area contributed by atoms with Crippen molar-refractivity contribution in [3.05, 3.63) is 70.3 Å². The van der Waals surface area contributed by atoms with E-state index in [0.717, 1.165) is 41.9 Å². The van der Waals surface area contributed by atoms with Gasteiger partial charge in [-0.2, -0.15) is 11.8 Å². The van der Waals surface area contributed by atoms with Crippen LogP contribution in [0, 0.1) is 13.8 Å². The Bertz CT molecular complexity index is 705. The molecule has 0 spiro atoms. The van der Waals surface area contributed by atoms with E-state index in [2.05, 4.69) is 24.0 Å². The summed E-state index contributed by atoms with van der Waals surface area (Å²) in [5, 5.41) is 0. The van der Waals surface area contributed by atoms with Crippen LogP contribution in [0.4, 0.5) is 0 Å². The molecule has 0 N–H and O–H groups in total. The molecule has 1 aliphatic heterocycles. The van der Waals surface area contributed by atoms with Crippen LogP contribution in [-0.2, 0) is 6.54 Å². The van der Waals surface area contributed by atoms with Gasteiger partial charge in [0.1, 0.15) is 0 Å². The molecule has 1 aliphatic rings. The van der Waals surface area contributed by atoms with Crippen LogP contribution in [0.5, 0.6) is 0 Å². The molecule has 0 amide bonds. The van der Waals surface area contributed by atoms with Gasteiger partial charge in [-0.05, 0) is 30.5 Å². The van der Waals surface area contributed by atoms with Crippen molar-refractivity contribution < 1.29 is 4.79 Å². The number of hydrogen-bond acceptors (Lipinski definition) is 3. The van der Waals surface area contributed by atoms with E-state index in [1.807, 2.05) is 49.0 Å². The van der Waals surface area contributed by atoms with E-state index in [0.29, 0.717) is 0 Å². The van der Waals surface area contributed by atoms with Crippen LogP contribution in [0.2, 0.25) is 0 Å². The topological polar surface area (TPSA) is 20.3 Å². The fourth-order valence-electron chi connectivity index (χ4n) is 3.02. The summed E-state index contributed by atoms with van der Waals surface area (Å²) < 4.78 is 0. The zero-order valence-corrected chi connectivity index (χ0v) is 14.7. The van der Waals surface area contributed by atoms with Gasteiger partial charge in [-0.25, -0.2) is 0 Å². The highest BCUT2D eigenvalue weighted by atomic mass is 32.2. The van der Waals surface area contributed by atoms with Crippen molar-refractivity contribution >= 4 is 17.5 Å². The van der Waals surface area contributed by atoms with Crippen molar-refractivity contribution in [1.29, 1.82) is 0 Å². The molecule has 0 bridgehead atoms. The zero-order valence-electron chi connectivity index (χ0n) is 13.8. The number of rotatable bonds is 4. The molecule has 120 valence electrons. The summed E-state index contributed by atoms with van der Waals surface area (Å²) in [6, 6.07) is 14.0. The van der Waals surface area contributed by atoms with Gasteiger partial charge in [-0.15, -0.1) is 0 Å². The average molecular weight is 325 g/mol. The fraction of sp³-hybridized carbons (Fsp3) is 0.350. The maximum atomic E-state index is 13.1. The van der Waals surface area contributed by atoms with Crippen LogP contribution in [0.15, 0.2) is 42.5 Å². The number of hydrogen-bond donors (Lipinski definition) is 0. The van der Waals surface area contributed by atoms with Crippen LogP contribution in [0.25, 0.3) is 0 Å². The number of nitrogens with zero attached hydrogens (tertiary/aromatic N) is 1. The van der Waals surface area contributed by atoms with E-state index >= 15 is 0 Å².